The summed E-state index contributed by atoms with van der Waals surface area (Å²) in [5, 5.41) is 10.6. The molecule has 7 nitrogen and oxygen atoms in total. The predicted molar refractivity (Wildman–Crippen MR) is 53.1 cm³/mol. The molecule has 1 aliphatic heterocycles. The summed E-state index contributed by atoms with van der Waals surface area (Å²) in [5.41, 5.74) is 0.697. The minimum absolute atomic E-state index is 0.199. The number of nitrogens with zero attached hydrogens (tertiary/aromatic N) is 2. The highest BCUT2D eigenvalue weighted by molar-refractivity contribution is 5.80. The first-order chi connectivity index (χ1) is 7.74. The van der Waals surface area contributed by atoms with E-state index in [1.54, 1.807) is 0 Å². The van der Waals surface area contributed by atoms with Gasteiger partial charge in [-0.3, -0.25) is 10.3 Å². The van der Waals surface area contributed by atoms with Crippen molar-refractivity contribution in [2.45, 2.75) is 12.7 Å². The number of hydrogen-bond donors (Lipinski definition) is 2. The number of carboxylic acid groups (broad SMARTS) is 1. The van der Waals surface area contributed by atoms with E-state index >= 15 is 0 Å². The lowest BCUT2D eigenvalue weighted by Crippen LogP contribution is -2.13. The van der Waals surface area contributed by atoms with Crippen molar-refractivity contribution in [3.05, 3.63) is 18.1 Å². The molecule has 1 aliphatic rings. The fraction of sp³-hybridized carbons (Fsp3) is 0.444. The van der Waals surface area contributed by atoms with Crippen molar-refractivity contribution in [2.24, 2.45) is 0 Å². The van der Waals surface area contributed by atoms with Gasteiger partial charge in [-0.05, 0) is 0 Å². The largest absolute Gasteiger partial charge is 0.465 e. The van der Waals surface area contributed by atoms with Crippen LogP contribution in [0.1, 0.15) is 5.69 Å². The summed E-state index contributed by atoms with van der Waals surface area (Å²) < 4.78 is 10.5. The molecule has 2 N–H and O–H groups in total. The molecule has 0 unspecified atom stereocenters. The number of amides is 1. The van der Waals surface area contributed by atoms with Gasteiger partial charge in [0, 0.05) is 6.42 Å². The standard InChI is InChI=1S/C9H11N3O4/c13-9(14)12-7-5-10-6(4-11-7)3-8-15-1-2-16-8/h4-5,8H,1-3H2,(H,11,12)(H,13,14). The molecule has 7 heteroatoms. The molecule has 0 aromatic carbocycles. The first kappa shape index (κ1) is 10.8. The van der Waals surface area contributed by atoms with Crippen molar-refractivity contribution >= 4 is 11.9 Å². The Labute approximate surface area is 91.4 Å². The summed E-state index contributed by atoms with van der Waals surface area (Å²) in [5.74, 6) is 0.199. The van der Waals surface area contributed by atoms with Crippen molar-refractivity contribution in [1.29, 1.82) is 0 Å². The third kappa shape index (κ3) is 2.88. The van der Waals surface area contributed by atoms with E-state index < -0.39 is 6.09 Å². The van der Waals surface area contributed by atoms with Crippen LogP contribution in [0.4, 0.5) is 10.6 Å². The third-order valence-corrected chi connectivity index (χ3v) is 2.01. The fourth-order valence-electron chi connectivity index (χ4n) is 1.33. The normalized spacial score (nSPS) is 16.2. The van der Waals surface area contributed by atoms with Crippen molar-refractivity contribution in [1.82, 2.24) is 9.97 Å². The maximum atomic E-state index is 10.3. The van der Waals surface area contributed by atoms with E-state index in [0.29, 0.717) is 25.3 Å². The lowest BCUT2D eigenvalue weighted by atomic mass is 10.3. The van der Waals surface area contributed by atoms with E-state index in [4.69, 9.17) is 14.6 Å². The molecule has 0 atom stereocenters. The van der Waals surface area contributed by atoms with Crippen molar-refractivity contribution in [3.63, 3.8) is 0 Å². The molecule has 1 fully saturated rings. The molecule has 0 radical (unpaired) electrons. The number of hydrogen-bond acceptors (Lipinski definition) is 5. The second-order valence-electron chi connectivity index (χ2n) is 3.20. The van der Waals surface area contributed by atoms with E-state index in [0.717, 1.165) is 0 Å². The van der Waals surface area contributed by atoms with Crippen molar-refractivity contribution < 1.29 is 19.4 Å². The van der Waals surface area contributed by atoms with Crippen LogP contribution >= 0.6 is 0 Å². The first-order valence-corrected chi connectivity index (χ1v) is 4.78. The Morgan fingerprint density at radius 3 is 2.75 bits per heavy atom. The van der Waals surface area contributed by atoms with E-state index in [9.17, 15) is 4.79 Å². The number of aromatic nitrogens is 2. The van der Waals surface area contributed by atoms with Crippen LogP contribution in [0.25, 0.3) is 0 Å². The van der Waals surface area contributed by atoms with E-state index in [-0.39, 0.29) is 12.1 Å². The average molecular weight is 225 g/mol. The van der Waals surface area contributed by atoms with E-state index in [2.05, 4.69) is 15.3 Å². The second-order valence-corrected chi connectivity index (χ2v) is 3.20. The van der Waals surface area contributed by atoms with Gasteiger partial charge in [-0.15, -0.1) is 0 Å². The fourth-order valence-corrected chi connectivity index (χ4v) is 1.33. The summed E-state index contributed by atoms with van der Waals surface area (Å²) >= 11 is 0. The molecule has 0 spiro atoms. The maximum absolute atomic E-state index is 10.3. The summed E-state index contributed by atoms with van der Waals surface area (Å²) in [7, 11) is 0. The molecule has 0 bridgehead atoms. The Morgan fingerprint density at radius 2 is 2.19 bits per heavy atom. The molecule has 16 heavy (non-hydrogen) atoms. The quantitative estimate of drug-likeness (QED) is 0.777. The molecule has 86 valence electrons. The number of nitrogens with one attached hydrogen (secondary N) is 1. The average Bonchev–Trinajstić information content (AvgIpc) is 2.73. The van der Waals surface area contributed by atoms with Crippen LogP contribution in [0, 0.1) is 0 Å². The minimum Gasteiger partial charge on any atom is -0.465 e. The zero-order valence-electron chi connectivity index (χ0n) is 8.42. The van der Waals surface area contributed by atoms with Gasteiger partial charge in [0.1, 0.15) is 0 Å². The van der Waals surface area contributed by atoms with Crippen molar-refractivity contribution in [2.75, 3.05) is 18.5 Å². The smallest absolute Gasteiger partial charge is 0.410 e. The Kier molecular flexibility index (Phi) is 3.28. The van der Waals surface area contributed by atoms with Crippen LogP contribution in [-0.4, -0.2) is 40.7 Å². The molecule has 1 aromatic rings. The molecule has 2 rings (SSSR count). The van der Waals surface area contributed by atoms with Gasteiger partial charge in [-0.2, -0.15) is 0 Å². The SMILES string of the molecule is O=C(O)Nc1cnc(CC2OCCO2)cn1. The Morgan fingerprint density at radius 1 is 1.44 bits per heavy atom. The molecule has 2 heterocycles. The molecule has 0 saturated carbocycles. The van der Waals surface area contributed by atoms with Gasteiger partial charge in [0.15, 0.2) is 12.1 Å². The molecule has 1 aromatic heterocycles. The molecular formula is C9H11N3O4. The van der Waals surface area contributed by atoms with Crippen molar-refractivity contribution in [3.8, 4) is 0 Å². The number of carbonyl (C=O) groups is 1. The molecular weight excluding hydrogens is 214 g/mol. The lowest BCUT2D eigenvalue weighted by molar-refractivity contribution is -0.0406. The number of ether oxygens (including phenoxy) is 2. The first-order valence-electron chi connectivity index (χ1n) is 4.78. The van der Waals surface area contributed by atoms with Gasteiger partial charge >= 0.3 is 6.09 Å². The minimum atomic E-state index is -1.16. The van der Waals surface area contributed by atoms with E-state index in [1.165, 1.54) is 12.4 Å². The highest BCUT2D eigenvalue weighted by Crippen LogP contribution is 2.10. The molecule has 1 amide bonds. The number of rotatable bonds is 3. The summed E-state index contributed by atoms with van der Waals surface area (Å²) in [6.45, 7) is 1.19. The van der Waals surface area contributed by atoms with Crippen LogP contribution in [-0.2, 0) is 15.9 Å². The van der Waals surface area contributed by atoms with Gasteiger partial charge in [-0.1, -0.05) is 0 Å². The van der Waals surface area contributed by atoms with Gasteiger partial charge in [0.25, 0.3) is 0 Å². The van der Waals surface area contributed by atoms with Crippen LogP contribution in [0.15, 0.2) is 12.4 Å². The second kappa shape index (κ2) is 4.86. The predicted octanol–water partition coefficient (Wildman–Crippen LogP) is 0.482. The van der Waals surface area contributed by atoms with Gasteiger partial charge in [0.05, 0.1) is 31.3 Å². The van der Waals surface area contributed by atoms with Gasteiger partial charge < -0.3 is 14.6 Å². The van der Waals surface area contributed by atoms with Gasteiger partial charge in [0.2, 0.25) is 0 Å². The van der Waals surface area contributed by atoms with Crippen LogP contribution in [0.3, 0.4) is 0 Å². The third-order valence-electron chi connectivity index (χ3n) is 2.01. The van der Waals surface area contributed by atoms with Gasteiger partial charge in [-0.25, -0.2) is 9.78 Å². The Hall–Kier alpha value is -1.73. The lowest BCUT2D eigenvalue weighted by Gasteiger charge is -2.07. The molecule has 0 aliphatic carbocycles. The Balaban J connectivity index is 1.93. The highest BCUT2D eigenvalue weighted by Gasteiger charge is 2.17. The van der Waals surface area contributed by atoms with E-state index in [1.807, 2.05) is 0 Å². The monoisotopic (exact) mass is 225 g/mol. The topological polar surface area (TPSA) is 93.6 Å². The summed E-state index contributed by atoms with van der Waals surface area (Å²) in [6.07, 6.45) is 1.94. The maximum Gasteiger partial charge on any atom is 0.410 e. The number of anilines is 1. The summed E-state index contributed by atoms with van der Waals surface area (Å²) in [6, 6.07) is 0. The van der Waals surface area contributed by atoms with Crippen LogP contribution in [0.5, 0.6) is 0 Å². The zero-order chi connectivity index (χ0) is 11.4. The van der Waals surface area contributed by atoms with Crippen LogP contribution < -0.4 is 5.32 Å². The Bertz CT molecular complexity index is 362. The summed E-state index contributed by atoms with van der Waals surface area (Å²) in [4.78, 5) is 18.3. The zero-order valence-corrected chi connectivity index (χ0v) is 8.42. The van der Waals surface area contributed by atoms with Crippen LogP contribution in [0.2, 0.25) is 0 Å². The highest BCUT2D eigenvalue weighted by atomic mass is 16.7. The molecule has 1 saturated heterocycles.